The molecule has 3 rings (SSSR count). The van der Waals surface area contributed by atoms with E-state index in [1.54, 1.807) is 23.9 Å². The second-order valence-corrected chi connectivity index (χ2v) is 7.98. The third-order valence-corrected chi connectivity index (χ3v) is 5.44. The second-order valence-electron chi connectivity index (χ2n) is 6.05. The number of aryl methyl sites for hydroxylation is 3. The van der Waals surface area contributed by atoms with Gasteiger partial charge in [0.25, 0.3) is 0 Å². The number of nitrogen functional groups attached to an aromatic ring is 1. The lowest BCUT2D eigenvalue weighted by atomic mass is 10.3. The molecular weight excluding hydrogens is 403 g/mol. The Morgan fingerprint density at radius 2 is 1.81 bits per heavy atom. The van der Waals surface area contributed by atoms with Crippen molar-refractivity contribution in [3.8, 4) is 5.75 Å². The maximum Gasteiger partial charge on any atom is 0.127 e. The van der Waals surface area contributed by atoms with Gasteiger partial charge < -0.3 is 10.5 Å². The molecule has 5 nitrogen and oxygen atoms in total. The minimum atomic E-state index is 0.380. The molecule has 0 radical (unpaired) electrons. The Bertz CT molecular complexity index is 934. The highest BCUT2D eigenvalue weighted by Gasteiger charge is 2.17. The first-order valence-electron chi connectivity index (χ1n) is 8.43. The maximum atomic E-state index is 6.14. The van der Waals surface area contributed by atoms with Crippen LogP contribution in [-0.2, 0) is 13.2 Å². The normalized spacial score (nSPS) is 11.0. The summed E-state index contributed by atoms with van der Waals surface area (Å²) in [5.74, 6) is 1.12. The van der Waals surface area contributed by atoms with E-state index in [1.807, 2.05) is 36.7 Å². The third kappa shape index (κ3) is 4.89. The predicted octanol–water partition coefficient (Wildman–Crippen LogP) is 5.53. The standard InChI is InChI=1S/C19H20Cl2N4OS/c1-4-25-19(27-16-7-13(20)6-14(21)8-16)17(12(3)24-25)10-26-15-5-11(2)23-18(22)9-15/h5-9H,4,10H2,1-3H3,(H2,22,23). The van der Waals surface area contributed by atoms with Crippen molar-refractivity contribution in [1.82, 2.24) is 14.8 Å². The second kappa shape index (κ2) is 8.42. The van der Waals surface area contributed by atoms with Crippen LogP contribution in [0.5, 0.6) is 5.75 Å². The SMILES string of the molecule is CCn1nc(C)c(COc2cc(C)nc(N)c2)c1Sc1cc(Cl)cc(Cl)c1. The summed E-state index contributed by atoms with van der Waals surface area (Å²) in [6.07, 6.45) is 0. The summed E-state index contributed by atoms with van der Waals surface area (Å²) in [7, 11) is 0. The molecular formula is C19H20Cl2N4OS. The fraction of sp³-hybridized carbons (Fsp3) is 0.263. The lowest BCUT2D eigenvalue weighted by molar-refractivity contribution is 0.301. The Balaban J connectivity index is 1.89. The molecule has 142 valence electrons. The van der Waals surface area contributed by atoms with Crippen LogP contribution >= 0.6 is 35.0 Å². The van der Waals surface area contributed by atoms with Crippen LogP contribution in [-0.4, -0.2) is 14.8 Å². The summed E-state index contributed by atoms with van der Waals surface area (Å²) in [6, 6.07) is 9.07. The molecule has 0 aliphatic carbocycles. The van der Waals surface area contributed by atoms with Gasteiger partial charge in [-0.15, -0.1) is 0 Å². The number of hydrogen-bond donors (Lipinski definition) is 1. The quantitative estimate of drug-likeness (QED) is 0.564. The number of nitrogens with zero attached hydrogens (tertiary/aromatic N) is 3. The van der Waals surface area contributed by atoms with Gasteiger partial charge in [-0.3, -0.25) is 4.68 Å². The molecule has 27 heavy (non-hydrogen) atoms. The molecule has 0 unspecified atom stereocenters. The lowest BCUT2D eigenvalue weighted by Crippen LogP contribution is -2.02. The number of benzene rings is 1. The molecule has 2 aromatic heterocycles. The van der Waals surface area contributed by atoms with Gasteiger partial charge in [0, 0.05) is 44.9 Å². The Kier molecular flexibility index (Phi) is 6.19. The molecule has 8 heteroatoms. The fourth-order valence-electron chi connectivity index (χ4n) is 2.69. The number of anilines is 1. The summed E-state index contributed by atoms with van der Waals surface area (Å²) < 4.78 is 7.94. The van der Waals surface area contributed by atoms with Gasteiger partial charge in [-0.1, -0.05) is 35.0 Å². The fourth-order valence-corrected chi connectivity index (χ4v) is 4.55. The molecule has 0 atom stereocenters. The molecule has 0 spiro atoms. The molecule has 0 bridgehead atoms. The molecule has 2 heterocycles. The van der Waals surface area contributed by atoms with Crippen molar-refractivity contribution >= 4 is 40.8 Å². The average Bonchev–Trinajstić information content (AvgIpc) is 2.86. The van der Waals surface area contributed by atoms with E-state index in [-0.39, 0.29) is 0 Å². The van der Waals surface area contributed by atoms with Crippen LogP contribution in [0.1, 0.15) is 23.9 Å². The smallest absolute Gasteiger partial charge is 0.127 e. The Morgan fingerprint density at radius 1 is 1.11 bits per heavy atom. The zero-order chi connectivity index (χ0) is 19.6. The van der Waals surface area contributed by atoms with Crippen LogP contribution in [0, 0.1) is 13.8 Å². The monoisotopic (exact) mass is 422 g/mol. The summed E-state index contributed by atoms with van der Waals surface area (Å²) >= 11 is 13.9. The molecule has 0 fully saturated rings. The predicted molar refractivity (Wildman–Crippen MR) is 111 cm³/mol. The summed E-state index contributed by atoms with van der Waals surface area (Å²) in [5, 5.41) is 6.84. The van der Waals surface area contributed by atoms with Crippen molar-refractivity contribution in [2.75, 3.05) is 5.73 Å². The zero-order valence-electron chi connectivity index (χ0n) is 15.3. The number of halogens is 2. The minimum Gasteiger partial charge on any atom is -0.489 e. The van der Waals surface area contributed by atoms with Crippen LogP contribution in [0.3, 0.4) is 0 Å². The summed E-state index contributed by atoms with van der Waals surface area (Å²) in [6.45, 7) is 7.04. The van der Waals surface area contributed by atoms with Crippen LogP contribution in [0.15, 0.2) is 40.3 Å². The van der Waals surface area contributed by atoms with Gasteiger partial charge in [-0.25, -0.2) is 4.98 Å². The topological polar surface area (TPSA) is 66.0 Å². The number of ether oxygens (including phenoxy) is 1. The Morgan fingerprint density at radius 3 is 2.44 bits per heavy atom. The van der Waals surface area contributed by atoms with Gasteiger partial charge in [0.15, 0.2) is 0 Å². The molecule has 0 aliphatic heterocycles. The number of rotatable bonds is 6. The van der Waals surface area contributed by atoms with E-state index < -0.39 is 0 Å². The van der Waals surface area contributed by atoms with Gasteiger partial charge in [-0.2, -0.15) is 5.10 Å². The van der Waals surface area contributed by atoms with Crippen molar-refractivity contribution in [3.63, 3.8) is 0 Å². The van der Waals surface area contributed by atoms with Crippen molar-refractivity contribution in [3.05, 3.63) is 57.3 Å². The van der Waals surface area contributed by atoms with E-state index in [0.717, 1.165) is 33.4 Å². The van der Waals surface area contributed by atoms with Gasteiger partial charge in [0.1, 0.15) is 23.2 Å². The number of hydrogen-bond acceptors (Lipinski definition) is 5. The molecule has 3 aromatic rings. The molecule has 2 N–H and O–H groups in total. The van der Waals surface area contributed by atoms with E-state index in [0.29, 0.717) is 28.2 Å². The van der Waals surface area contributed by atoms with Crippen molar-refractivity contribution < 1.29 is 4.74 Å². The highest BCUT2D eigenvalue weighted by atomic mass is 35.5. The number of aromatic nitrogens is 3. The average molecular weight is 423 g/mol. The van der Waals surface area contributed by atoms with Crippen LogP contribution in [0.4, 0.5) is 5.82 Å². The Hall–Kier alpha value is -1.89. The first-order chi connectivity index (χ1) is 12.9. The van der Waals surface area contributed by atoms with E-state index in [9.17, 15) is 0 Å². The highest BCUT2D eigenvalue weighted by molar-refractivity contribution is 7.99. The summed E-state index contributed by atoms with van der Waals surface area (Å²) in [4.78, 5) is 5.12. The van der Waals surface area contributed by atoms with Gasteiger partial charge in [-0.05, 0) is 39.0 Å². The highest BCUT2D eigenvalue weighted by Crippen LogP contribution is 2.35. The first kappa shape index (κ1) is 19.9. The van der Waals surface area contributed by atoms with Crippen LogP contribution < -0.4 is 10.5 Å². The lowest BCUT2D eigenvalue weighted by Gasteiger charge is -2.11. The Labute approximate surface area is 172 Å². The first-order valence-corrected chi connectivity index (χ1v) is 10.00. The van der Waals surface area contributed by atoms with E-state index >= 15 is 0 Å². The van der Waals surface area contributed by atoms with Gasteiger partial charge in [0.05, 0.1) is 5.69 Å². The minimum absolute atomic E-state index is 0.380. The zero-order valence-corrected chi connectivity index (χ0v) is 17.6. The van der Waals surface area contributed by atoms with Gasteiger partial charge in [0.2, 0.25) is 0 Å². The van der Waals surface area contributed by atoms with Crippen molar-refractivity contribution in [2.24, 2.45) is 0 Å². The largest absolute Gasteiger partial charge is 0.489 e. The number of pyridine rings is 1. The van der Waals surface area contributed by atoms with Crippen LogP contribution in [0.25, 0.3) is 0 Å². The molecule has 0 saturated carbocycles. The van der Waals surface area contributed by atoms with Gasteiger partial charge >= 0.3 is 0 Å². The summed E-state index contributed by atoms with van der Waals surface area (Å²) in [5.41, 5.74) is 8.56. The van der Waals surface area contributed by atoms with E-state index in [1.165, 1.54) is 0 Å². The third-order valence-electron chi connectivity index (χ3n) is 3.88. The molecule has 1 aromatic carbocycles. The molecule has 0 aliphatic rings. The van der Waals surface area contributed by atoms with Crippen molar-refractivity contribution in [1.29, 1.82) is 0 Å². The van der Waals surface area contributed by atoms with E-state index in [4.69, 9.17) is 33.7 Å². The van der Waals surface area contributed by atoms with Crippen molar-refractivity contribution in [2.45, 2.75) is 43.8 Å². The number of nitrogens with two attached hydrogens (primary N) is 1. The van der Waals surface area contributed by atoms with Crippen LogP contribution in [0.2, 0.25) is 10.0 Å². The maximum absolute atomic E-state index is 6.14. The molecule has 0 amide bonds. The molecule has 0 saturated heterocycles. The van der Waals surface area contributed by atoms with E-state index in [2.05, 4.69) is 17.0 Å².